The molecule has 1 aromatic heterocycles. The highest BCUT2D eigenvalue weighted by atomic mass is 79.9. The fourth-order valence-electron chi connectivity index (χ4n) is 1.66. The van der Waals surface area contributed by atoms with E-state index < -0.39 is 0 Å². The third kappa shape index (κ3) is 2.99. The molecule has 2 heterocycles. The summed E-state index contributed by atoms with van der Waals surface area (Å²) in [5, 5.41) is 5.48. The van der Waals surface area contributed by atoms with Gasteiger partial charge in [0.05, 0.1) is 3.79 Å². The summed E-state index contributed by atoms with van der Waals surface area (Å²) in [5.41, 5.74) is 1.56. The molecule has 18 heavy (non-hydrogen) atoms. The molecular weight excluding hydrogens is 332 g/mol. The highest BCUT2D eigenvalue weighted by Gasteiger charge is 2.29. The number of halogens is 1. The van der Waals surface area contributed by atoms with Gasteiger partial charge in [0.15, 0.2) is 5.11 Å². The van der Waals surface area contributed by atoms with Crippen LogP contribution in [0.1, 0.15) is 25.3 Å². The lowest BCUT2D eigenvalue weighted by Gasteiger charge is -2.12. The van der Waals surface area contributed by atoms with E-state index in [4.69, 9.17) is 12.2 Å². The highest BCUT2D eigenvalue weighted by molar-refractivity contribution is 9.11. The van der Waals surface area contributed by atoms with Crippen LogP contribution in [0.2, 0.25) is 0 Å². The van der Waals surface area contributed by atoms with Gasteiger partial charge in [0.25, 0.3) is 5.91 Å². The van der Waals surface area contributed by atoms with Crippen molar-refractivity contribution in [1.82, 2.24) is 10.2 Å². The molecule has 1 aromatic rings. The van der Waals surface area contributed by atoms with Crippen LogP contribution < -0.4 is 5.32 Å². The zero-order valence-electron chi connectivity index (χ0n) is 9.90. The van der Waals surface area contributed by atoms with Crippen molar-refractivity contribution >= 4 is 56.6 Å². The first-order chi connectivity index (χ1) is 8.61. The largest absolute Gasteiger partial charge is 0.328 e. The van der Waals surface area contributed by atoms with Crippen LogP contribution in [0.25, 0.3) is 6.08 Å². The van der Waals surface area contributed by atoms with Gasteiger partial charge in [-0.3, -0.25) is 9.69 Å². The summed E-state index contributed by atoms with van der Waals surface area (Å²) in [6, 6.07) is 1.98. The number of hydrogen-bond donors (Lipinski definition) is 1. The lowest BCUT2D eigenvalue weighted by atomic mass is 10.2. The molecule has 3 nitrogen and oxygen atoms in total. The first-order valence-electron chi connectivity index (χ1n) is 5.70. The Morgan fingerprint density at radius 1 is 1.61 bits per heavy atom. The van der Waals surface area contributed by atoms with Crippen molar-refractivity contribution in [2.24, 2.45) is 0 Å². The average molecular weight is 345 g/mol. The highest BCUT2D eigenvalue weighted by Crippen LogP contribution is 2.23. The monoisotopic (exact) mass is 344 g/mol. The van der Waals surface area contributed by atoms with Crippen LogP contribution in [0.4, 0.5) is 0 Å². The number of hydrogen-bond acceptors (Lipinski definition) is 3. The van der Waals surface area contributed by atoms with Gasteiger partial charge in [0, 0.05) is 6.54 Å². The van der Waals surface area contributed by atoms with Gasteiger partial charge in [-0.25, -0.2) is 0 Å². The quantitative estimate of drug-likeness (QED) is 0.671. The fourth-order valence-corrected chi connectivity index (χ4v) is 3.07. The van der Waals surface area contributed by atoms with E-state index in [1.807, 2.05) is 17.5 Å². The summed E-state index contributed by atoms with van der Waals surface area (Å²) in [4.78, 5) is 13.8. The van der Waals surface area contributed by atoms with E-state index in [1.165, 1.54) is 0 Å². The van der Waals surface area contributed by atoms with E-state index in [0.717, 1.165) is 22.2 Å². The van der Waals surface area contributed by atoms with Gasteiger partial charge in [-0.15, -0.1) is 11.3 Å². The number of nitrogens with one attached hydrogen (secondary N) is 1. The molecule has 0 radical (unpaired) electrons. The number of unbranched alkanes of at least 4 members (excludes halogenated alkanes) is 1. The average Bonchev–Trinajstić information content (AvgIpc) is 2.84. The van der Waals surface area contributed by atoms with Crippen LogP contribution >= 0.6 is 39.5 Å². The van der Waals surface area contributed by atoms with Crippen molar-refractivity contribution in [3.8, 4) is 0 Å². The smallest absolute Gasteiger partial charge is 0.276 e. The molecule has 1 amide bonds. The van der Waals surface area contributed by atoms with Gasteiger partial charge < -0.3 is 5.32 Å². The summed E-state index contributed by atoms with van der Waals surface area (Å²) >= 11 is 10.2. The molecule has 96 valence electrons. The SMILES string of the molecule is CCCCN1C(=O)/C(=C/c2csc(Br)c2)NC1=S. The topological polar surface area (TPSA) is 32.3 Å². The molecule has 0 aromatic carbocycles. The van der Waals surface area contributed by atoms with Gasteiger partial charge in [-0.05, 0) is 57.7 Å². The number of rotatable bonds is 4. The summed E-state index contributed by atoms with van der Waals surface area (Å²) in [6.07, 6.45) is 3.84. The van der Waals surface area contributed by atoms with Crippen molar-refractivity contribution in [3.05, 3.63) is 26.5 Å². The predicted octanol–water partition coefficient (Wildman–Crippen LogP) is 3.37. The van der Waals surface area contributed by atoms with Crippen LogP contribution in [-0.4, -0.2) is 22.5 Å². The van der Waals surface area contributed by atoms with Gasteiger partial charge in [-0.2, -0.15) is 0 Å². The minimum atomic E-state index is -0.0317. The number of carbonyl (C=O) groups is 1. The second-order valence-electron chi connectivity index (χ2n) is 3.98. The Balaban J connectivity index is 2.14. The van der Waals surface area contributed by atoms with Gasteiger partial charge in [0.2, 0.25) is 0 Å². The number of amides is 1. The van der Waals surface area contributed by atoms with Gasteiger partial charge in [-0.1, -0.05) is 13.3 Å². The molecule has 0 bridgehead atoms. The maximum Gasteiger partial charge on any atom is 0.276 e. The minimum absolute atomic E-state index is 0.0317. The van der Waals surface area contributed by atoms with Crippen molar-refractivity contribution in [3.63, 3.8) is 0 Å². The molecule has 0 unspecified atom stereocenters. The molecule has 1 saturated heterocycles. The van der Waals surface area contributed by atoms with Crippen molar-refractivity contribution < 1.29 is 4.79 Å². The van der Waals surface area contributed by atoms with E-state index >= 15 is 0 Å². The van der Waals surface area contributed by atoms with Crippen molar-refractivity contribution in [2.45, 2.75) is 19.8 Å². The van der Waals surface area contributed by atoms with Gasteiger partial charge >= 0.3 is 0 Å². The Hall–Kier alpha value is -0.720. The molecule has 6 heteroatoms. The molecule has 1 fully saturated rings. The lowest BCUT2D eigenvalue weighted by molar-refractivity contribution is -0.122. The summed E-state index contributed by atoms with van der Waals surface area (Å²) < 4.78 is 1.05. The first kappa shape index (κ1) is 13.7. The maximum atomic E-state index is 12.1. The Kier molecular flexibility index (Phi) is 4.53. The second-order valence-corrected chi connectivity index (χ2v) is 6.66. The summed E-state index contributed by atoms with van der Waals surface area (Å²) in [6.45, 7) is 2.78. The Morgan fingerprint density at radius 3 is 3.00 bits per heavy atom. The second kappa shape index (κ2) is 5.95. The fraction of sp³-hybridized carbons (Fsp3) is 0.333. The number of thiocarbonyl (C=S) groups is 1. The Labute approximate surface area is 124 Å². The molecule has 1 aliphatic heterocycles. The van der Waals surface area contributed by atoms with Crippen molar-refractivity contribution in [2.75, 3.05) is 6.54 Å². The standard InChI is InChI=1S/C12H13BrN2OS2/c1-2-3-4-15-11(16)9(14-12(15)17)5-8-6-10(13)18-7-8/h5-7H,2-4H2,1H3,(H,14,17)/b9-5-. The normalized spacial score (nSPS) is 17.7. The number of thiophene rings is 1. The van der Waals surface area contributed by atoms with E-state index in [-0.39, 0.29) is 5.91 Å². The van der Waals surface area contributed by atoms with Crippen LogP contribution in [0.5, 0.6) is 0 Å². The molecule has 0 aliphatic carbocycles. The zero-order chi connectivity index (χ0) is 13.1. The van der Waals surface area contributed by atoms with Crippen molar-refractivity contribution in [1.29, 1.82) is 0 Å². The number of nitrogens with zero attached hydrogens (tertiary/aromatic N) is 1. The third-order valence-electron chi connectivity index (χ3n) is 2.60. The molecular formula is C12H13BrN2OS2. The zero-order valence-corrected chi connectivity index (χ0v) is 13.1. The maximum absolute atomic E-state index is 12.1. The van der Waals surface area contributed by atoms with E-state index in [0.29, 0.717) is 17.4 Å². The Bertz CT molecular complexity index is 510. The van der Waals surface area contributed by atoms with Gasteiger partial charge in [0.1, 0.15) is 5.70 Å². The first-order valence-corrected chi connectivity index (χ1v) is 7.78. The summed E-state index contributed by atoms with van der Waals surface area (Å²) in [7, 11) is 0. The summed E-state index contributed by atoms with van der Waals surface area (Å²) in [5.74, 6) is -0.0317. The van der Waals surface area contributed by atoms with Crippen LogP contribution in [0.15, 0.2) is 20.9 Å². The van der Waals surface area contributed by atoms with Crippen LogP contribution in [0, 0.1) is 0 Å². The van der Waals surface area contributed by atoms with E-state index in [9.17, 15) is 4.79 Å². The molecule has 2 rings (SSSR count). The molecule has 0 atom stereocenters. The molecule has 1 aliphatic rings. The van der Waals surface area contributed by atoms with E-state index in [1.54, 1.807) is 16.2 Å². The minimum Gasteiger partial charge on any atom is -0.328 e. The third-order valence-corrected chi connectivity index (χ3v) is 4.44. The Morgan fingerprint density at radius 2 is 2.39 bits per heavy atom. The van der Waals surface area contributed by atoms with Crippen LogP contribution in [-0.2, 0) is 4.79 Å². The molecule has 0 saturated carbocycles. The van der Waals surface area contributed by atoms with Crippen LogP contribution in [0.3, 0.4) is 0 Å². The predicted molar refractivity (Wildman–Crippen MR) is 82.4 cm³/mol. The van der Waals surface area contributed by atoms with E-state index in [2.05, 4.69) is 28.2 Å². The molecule has 1 N–H and O–H groups in total. The lowest BCUT2D eigenvalue weighted by Crippen LogP contribution is -2.31. The number of carbonyl (C=O) groups excluding carboxylic acids is 1. The molecule has 0 spiro atoms.